The summed E-state index contributed by atoms with van der Waals surface area (Å²) in [5, 5.41) is 12.6. The van der Waals surface area contributed by atoms with Crippen molar-refractivity contribution in [1.82, 2.24) is 5.32 Å². The summed E-state index contributed by atoms with van der Waals surface area (Å²) >= 11 is 0. The summed E-state index contributed by atoms with van der Waals surface area (Å²) in [6.45, 7) is 2.70. The van der Waals surface area contributed by atoms with Crippen LogP contribution in [0.2, 0.25) is 0 Å². The van der Waals surface area contributed by atoms with E-state index in [9.17, 15) is 22.7 Å². The molecule has 1 aromatic carbocycles. The minimum absolute atomic E-state index is 0.0987. The summed E-state index contributed by atoms with van der Waals surface area (Å²) in [5.74, 6) is -0.620. The fourth-order valence-corrected chi connectivity index (χ4v) is 2.23. The minimum atomic E-state index is -4.33. The Hall–Kier alpha value is -1.58. The Bertz CT molecular complexity index is 560. The van der Waals surface area contributed by atoms with Crippen molar-refractivity contribution >= 4 is 0 Å². The van der Waals surface area contributed by atoms with E-state index >= 15 is 0 Å². The molecule has 0 radical (unpaired) electrons. The predicted molar refractivity (Wildman–Crippen MR) is 69.0 cm³/mol. The molecule has 1 aromatic rings. The maximum absolute atomic E-state index is 13.4. The zero-order chi connectivity index (χ0) is 15.8. The highest BCUT2D eigenvalue weighted by Gasteiger charge is 2.57. The lowest BCUT2D eigenvalue weighted by Gasteiger charge is -2.22. The van der Waals surface area contributed by atoms with E-state index in [1.807, 2.05) is 0 Å². The highest BCUT2D eigenvalue weighted by atomic mass is 19.4. The van der Waals surface area contributed by atoms with Crippen LogP contribution in [0.15, 0.2) is 12.2 Å². The van der Waals surface area contributed by atoms with Gasteiger partial charge in [-0.1, -0.05) is 18.2 Å². The van der Waals surface area contributed by atoms with Crippen molar-refractivity contribution < 1.29 is 22.7 Å². The van der Waals surface area contributed by atoms with Crippen molar-refractivity contribution in [1.29, 1.82) is 0 Å². The van der Waals surface area contributed by atoms with Gasteiger partial charge in [-0.25, -0.2) is 0 Å². The Kier molecular flexibility index (Phi) is 4.00. The first-order valence-corrected chi connectivity index (χ1v) is 6.43. The van der Waals surface area contributed by atoms with Gasteiger partial charge in [0.2, 0.25) is 0 Å². The minimum Gasteiger partial charge on any atom is -0.387 e. The molecule has 114 valence electrons. The number of aliphatic hydroxyl groups is 1. The maximum Gasteiger partial charge on any atom is 0.402 e. The van der Waals surface area contributed by atoms with Gasteiger partial charge in [0.15, 0.2) is 5.82 Å². The van der Waals surface area contributed by atoms with Gasteiger partial charge in [-0.2, -0.15) is 17.6 Å². The standard InChI is InChI=1S/C15H15F4NO/c1-9-3-4-11(16)10(2)13(9)12(21)7-20-8-14(5-6-14)15(17,18)19/h5-6,12,20-21H,7-8H2,1-2H3. The molecule has 1 atom stereocenters. The molecule has 0 heterocycles. The first kappa shape index (κ1) is 15.8. The van der Waals surface area contributed by atoms with Crippen LogP contribution in [-0.2, 0) is 0 Å². The number of aliphatic hydroxyl groups excluding tert-OH is 1. The number of hydrogen-bond acceptors (Lipinski definition) is 2. The first-order valence-electron chi connectivity index (χ1n) is 6.43. The van der Waals surface area contributed by atoms with Crippen LogP contribution in [0.3, 0.4) is 0 Å². The lowest BCUT2D eigenvalue weighted by Crippen LogP contribution is -2.38. The Morgan fingerprint density at radius 2 is 1.90 bits per heavy atom. The molecule has 0 saturated heterocycles. The van der Waals surface area contributed by atoms with Crippen LogP contribution in [0, 0.1) is 37.2 Å². The number of hydrogen-bond donors (Lipinski definition) is 2. The molecule has 0 saturated carbocycles. The molecule has 0 amide bonds. The molecule has 2 rings (SSSR count). The molecule has 21 heavy (non-hydrogen) atoms. The van der Waals surface area contributed by atoms with E-state index in [-0.39, 0.29) is 18.7 Å². The Morgan fingerprint density at radius 1 is 1.29 bits per heavy atom. The zero-order valence-corrected chi connectivity index (χ0v) is 11.6. The molecular weight excluding hydrogens is 286 g/mol. The Morgan fingerprint density at radius 3 is 2.43 bits per heavy atom. The van der Waals surface area contributed by atoms with Crippen LogP contribution < -0.4 is 5.32 Å². The fourth-order valence-electron chi connectivity index (χ4n) is 2.23. The van der Waals surface area contributed by atoms with Crippen LogP contribution in [0.1, 0.15) is 22.8 Å². The van der Waals surface area contributed by atoms with Crippen molar-refractivity contribution in [2.24, 2.45) is 5.41 Å². The average Bonchev–Trinajstić information content (AvgIpc) is 3.15. The summed E-state index contributed by atoms with van der Waals surface area (Å²) < 4.78 is 51.5. The molecular formula is C15H15F4NO. The topological polar surface area (TPSA) is 32.3 Å². The first-order chi connectivity index (χ1) is 9.68. The summed E-state index contributed by atoms with van der Waals surface area (Å²) in [7, 11) is 0. The molecule has 0 aromatic heterocycles. The van der Waals surface area contributed by atoms with Gasteiger partial charge in [0, 0.05) is 24.2 Å². The summed E-state index contributed by atoms with van der Waals surface area (Å²) in [6.07, 6.45) is -3.28. The van der Waals surface area contributed by atoms with Crippen molar-refractivity contribution in [3.8, 4) is 0 Å². The second kappa shape index (κ2) is 5.32. The smallest absolute Gasteiger partial charge is 0.387 e. The maximum atomic E-state index is 13.4. The molecule has 6 heteroatoms. The average molecular weight is 301 g/mol. The van der Waals surface area contributed by atoms with E-state index in [1.54, 1.807) is 6.92 Å². The van der Waals surface area contributed by atoms with E-state index in [1.165, 1.54) is 6.92 Å². The number of nitrogens with one attached hydrogen (secondary N) is 1. The largest absolute Gasteiger partial charge is 0.402 e. The molecule has 2 nitrogen and oxygen atoms in total. The quantitative estimate of drug-likeness (QED) is 0.647. The molecule has 1 unspecified atom stereocenters. The van der Waals surface area contributed by atoms with Crippen molar-refractivity contribution in [3.05, 3.63) is 46.8 Å². The van der Waals surface area contributed by atoms with E-state index in [0.717, 1.165) is 12.2 Å². The lowest BCUT2D eigenvalue weighted by atomic mass is 9.98. The van der Waals surface area contributed by atoms with Gasteiger partial charge in [-0.05, 0) is 25.5 Å². The van der Waals surface area contributed by atoms with Crippen LogP contribution in [0.4, 0.5) is 17.6 Å². The Balaban J connectivity index is 1.98. The SMILES string of the molecule is Cc1c#cc(F)c(C)c1C(O)CNCC1(C(F)(F)F)C=C1. The van der Waals surface area contributed by atoms with Crippen LogP contribution >= 0.6 is 0 Å². The Labute approximate surface area is 120 Å². The molecule has 2 N–H and O–H groups in total. The third kappa shape index (κ3) is 3.04. The summed E-state index contributed by atoms with van der Waals surface area (Å²) in [4.78, 5) is 0. The predicted octanol–water partition coefficient (Wildman–Crippen LogP) is 2.78. The molecule has 0 aliphatic heterocycles. The normalized spacial score (nSPS) is 17.5. The van der Waals surface area contributed by atoms with E-state index in [2.05, 4.69) is 17.4 Å². The fraction of sp³-hybridized carbons (Fsp3) is 0.467. The van der Waals surface area contributed by atoms with Crippen molar-refractivity contribution in [3.63, 3.8) is 0 Å². The molecule has 0 fully saturated rings. The number of halogens is 4. The van der Waals surface area contributed by atoms with Gasteiger partial charge in [0.05, 0.1) is 6.10 Å². The van der Waals surface area contributed by atoms with Gasteiger partial charge in [0.1, 0.15) is 5.41 Å². The third-order valence-electron chi connectivity index (χ3n) is 3.68. The summed E-state index contributed by atoms with van der Waals surface area (Å²) in [5.41, 5.74) is -0.809. The molecule has 1 aliphatic rings. The van der Waals surface area contributed by atoms with Crippen molar-refractivity contribution in [2.45, 2.75) is 26.1 Å². The third-order valence-corrected chi connectivity index (χ3v) is 3.68. The molecule has 0 spiro atoms. The van der Waals surface area contributed by atoms with Gasteiger partial charge in [-0.3, -0.25) is 0 Å². The molecule has 0 bridgehead atoms. The highest BCUT2D eigenvalue weighted by molar-refractivity contribution is 5.33. The van der Waals surface area contributed by atoms with Gasteiger partial charge in [0.25, 0.3) is 0 Å². The van der Waals surface area contributed by atoms with Crippen LogP contribution in [-0.4, -0.2) is 24.4 Å². The zero-order valence-electron chi connectivity index (χ0n) is 11.6. The van der Waals surface area contributed by atoms with Gasteiger partial charge >= 0.3 is 6.18 Å². The monoisotopic (exact) mass is 301 g/mol. The van der Waals surface area contributed by atoms with Gasteiger partial charge in [-0.15, -0.1) is 0 Å². The summed E-state index contributed by atoms with van der Waals surface area (Å²) in [6, 6.07) is 4.84. The van der Waals surface area contributed by atoms with E-state index in [0.29, 0.717) is 11.1 Å². The van der Waals surface area contributed by atoms with Gasteiger partial charge < -0.3 is 10.4 Å². The number of alkyl halides is 3. The second-order valence-corrected chi connectivity index (χ2v) is 5.25. The lowest BCUT2D eigenvalue weighted by molar-refractivity contribution is -0.176. The molecule has 1 aliphatic carbocycles. The van der Waals surface area contributed by atoms with E-state index in [4.69, 9.17) is 0 Å². The van der Waals surface area contributed by atoms with E-state index < -0.39 is 23.5 Å². The highest BCUT2D eigenvalue weighted by Crippen LogP contribution is 2.49. The second-order valence-electron chi connectivity index (χ2n) is 5.25. The van der Waals surface area contributed by atoms with Crippen LogP contribution in [0.5, 0.6) is 0 Å². The van der Waals surface area contributed by atoms with Crippen LogP contribution in [0.25, 0.3) is 0 Å². The number of rotatable bonds is 5. The van der Waals surface area contributed by atoms with Crippen molar-refractivity contribution in [2.75, 3.05) is 13.1 Å².